The summed E-state index contributed by atoms with van der Waals surface area (Å²) in [7, 11) is 0. The summed E-state index contributed by atoms with van der Waals surface area (Å²) < 4.78 is 2.34. The Kier molecular flexibility index (Phi) is 10.9. The van der Waals surface area contributed by atoms with Crippen molar-refractivity contribution in [1.29, 1.82) is 5.26 Å². The third-order valence-electron chi connectivity index (χ3n) is 6.55. The number of fused-ring (bicyclic) bond motifs is 3. The molecule has 0 atom stereocenters. The normalized spacial score (nSPS) is 11.7. The zero-order valence-electron chi connectivity index (χ0n) is 22.2. The molecule has 3 aromatic carbocycles. The van der Waals surface area contributed by atoms with Gasteiger partial charge in [0.15, 0.2) is 0 Å². The Morgan fingerprint density at radius 2 is 1.74 bits per heavy atom. The summed E-state index contributed by atoms with van der Waals surface area (Å²) in [5, 5.41) is 8.91. The Morgan fingerprint density at radius 1 is 0.947 bits per heavy atom. The van der Waals surface area contributed by atoms with Gasteiger partial charge in [-0.1, -0.05) is 67.1 Å². The van der Waals surface area contributed by atoms with Crippen molar-refractivity contribution in [3.05, 3.63) is 156 Å². The van der Waals surface area contributed by atoms with Crippen molar-refractivity contribution in [1.82, 2.24) is 0 Å². The average molecular weight is 568 g/mol. The van der Waals surface area contributed by atoms with Crippen molar-refractivity contribution in [3.8, 4) is 28.5 Å². The SMILES string of the molecule is Cc1cccc2[n+]1[C-](C)[C-](C)c1ccccc1-2.N#Cc1cccc(-c2c[c-]c(C/C=C\C=C/[NH-])cc2)c1.[Sr+2]. The first-order valence-electron chi connectivity index (χ1n) is 12.3. The van der Waals surface area contributed by atoms with Crippen molar-refractivity contribution in [2.75, 3.05) is 0 Å². The van der Waals surface area contributed by atoms with Gasteiger partial charge in [-0.15, -0.1) is 29.2 Å². The molecule has 1 aromatic heterocycles. The van der Waals surface area contributed by atoms with Crippen LogP contribution in [-0.2, 0) is 6.42 Å². The quantitative estimate of drug-likeness (QED) is 0.108. The first-order valence-corrected chi connectivity index (χ1v) is 12.3. The molecule has 0 amide bonds. The Morgan fingerprint density at radius 3 is 2.47 bits per heavy atom. The molecule has 0 aliphatic carbocycles. The number of benzene rings is 3. The standard InChI is InChI=1S/C18H14N2.C16H16N.Sr/c19-12-3-1-2-5-15-8-10-17(11-9-15)18-7-4-6-16(13-18)14-20;1-11-7-6-10-16-15-9-5-4-8-14(15)12(2)13(3)17(11)16;/h1-4,6-8,10-13,19H,5H2;4-10H,1-3H3;/q-2;-1;+2/b2-1-,12-3-;;. The van der Waals surface area contributed by atoms with Gasteiger partial charge < -0.3 is 10.3 Å². The van der Waals surface area contributed by atoms with E-state index in [0.717, 1.165) is 23.1 Å². The molecule has 1 aliphatic rings. The van der Waals surface area contributed by atoms with E-state index in [0.29, 0.717) is 5.56 Å². The number of hydrogen-bond donors (Lipinski definition) is 0. The minimum atomic E-state index is 0. The van der Waals surface area contributed by atoms with Crippen LogP contribution in [0.15, 0.2) is 109 Å². The molecule has 1 aliphatic heterocycles. The van der Waals surface area contributed by atoms with Crippen LogP contribution in [0.5, 0.6) is 0 Å². The van der Waals surface area contributed by atoms with E-state index in [2.05, 4.69) is 79.9 Å². The molecule has 0 fully saturated rings. The fraction of sp³-hybridized carbons (Fsp3) is 0.118. The predicted molar refractivity (Wildman–Crippen MR) is 157 cm³/mol. The van der Waals surface area contributed by atoms with Gasteiger partial charge in [-0.3, -0.25) is 0 Å². The van der Waals surface area contributed by atoms with Gasteiger partial charge in [-0.05, 0) is 32.4 Å². The van der Waals surface area contributed by atoms with E-state index in [1.165, 1.54) is 40.7 Å². The molecule has 2 heterocycles. The Bertz CT molecular complexity index is 1460. The van der Waals surface area contributed by atoms with Crippen LogP contribution in [0.25, 0.3) is 28.1 Å². The molecular weight excluding hydrogens is 538 g/mol. The minimum absolute atomic E-state index is 0. The number of nitrogens with one attached hydrogen (secondary N) is 1. The first kappa shape index (κ1) is 29.4. The van der Waals surface area contributed by atoms with Crippen LogP contribution in [-0.4, -0.2) is 45.5 Å². The maximum atomic E-state index is 8.91. The molecule has 38 heavy (non-hydrogen) atoms. The summed E-state index contributed by atoms with van der Waals surface area (Å²) in [6, 6.07) is 35.4. The van der Waals surface area contributed by atoms with Gasteiger partial charge in [-0.25, -0.2) is 0 Å². The molecule has 4 aromatic rings. The zero-order valence-corrected chi connectivity index (χ0v) is 25.7. The van der Waals surface area contributed by atoms with E-state index in [1.54, 1.807) is 12.1 Å². The van der Waals surface area contributed by atoms with Crippen LogP contribution in [0.2, 0.25) is 0 Å². The van der Waals surface area contributed by atoms with Crippen molar-refractivity contribution in [2.45, 2.75) is 27.2 Å². The minimum Gasteiger partial charge on any atom is -0.705 e. The number of nitrogens with zero attached hydrogens (tertiary/aromatic N) is 2. The van der Waals surface area contributed by atoms with E-state index in [1.807, 2.05) is 48.6 Å². The van der Waals surface area contributed by atoms with Crippen LogP contribution in [0.4, 0.5) is 0 Å². The van der Waals surface area contributed by atoms with Crippen molar-refractivity contribution >= 4 is 45.5 Å². The van der Waals surface area contributed by atoms with Crippen LogP contribution in [0.1, 0.15) is 36.2 Å². The topological polar surface area (TPSA) is 51.5 Å². The molecule has 0 saturated heterocycles. The summed E-state index contributed by atoms with van der Waals surface area (Å²) in [5.74, 6) is 1.37. The third-order valence-corrected chi connectivity index (χ3v) is 6.55. The Hall–Kier alpha value is -3.20. The largest absolute Gasteiger partial charge is 2.00 e. The number of aryl methyl sites for hydroxylation is 1. The van der Waals surface area contributed by atoms with Crippen LogP contribution >= 0.6 is 0 Å². The van der Waals surface area contributed by atoms with E-state index in [-0.39, 0.29) is 45.5 Å². The summed E-state index contributed by atoms with van der Waals surface area (Å²) in [5.41, 5.74) is 16.0. The van der Waals surface area contributed by atoms with E-state index >= 15 is 0 Å². The number of hydrogen-bond acceptors (Lipinski definition) is 1. The maximum absolute atomic E-state index is 8.91. The molecule has 3 nitrogen and oxygen atoms in total. The van der Waals surface area contributed by atoms with Crippen molar-refractivity contribution < 1.29 is 4.57 Å². The Labute approximate surface area is 264 Å². The van der Waals surface area contributed by atoms with Gasteiger partial charge in [0.05, 0.1) is 23.0 Å². The van der Waals surface area contributed by atoms with Gasteiger partial charge in [0.25, 0.3) is 0 Å². The predicted octanol–water partition coefficient (Wildman–Crippen LogP) is 7.61. The number of rotatable bonds is 4. The van der Waals surface area contributed by atoms with Crippen LogP contribution < -0.4 is 4.57 Å². The molecule has 0 saturated carbocycles. The van der Waals surface area contributed by atoms with E-state index < -0.39 is 0 Å². The number of pyridine rings is 1. The smallest absolute Gasteiger partial charge is 0.705 e. The second-order valence-electron chi connectivity index (χ2n) is 8.93. The number of nitriles is 1. The van der Waals surface area contributed by atoms with Gasteiger partial charge in [0.1, 0.15) is 0 Å². The molecule has 1 N–H and O–H groups in total. The Balaban J connectivity index is 0.000000207. The second-order valence-corrected chi connectivity index (χ2v) is 8.93. The summed E-state index contributed by atoms with van der Waals surface area (Å²) in [4.78, 5) is 0. The van der Waals surface area contributed by atoms with Crippen LogP contribution in [0.3, 0.4) is 0 Å². The fourth-order valence-electron chi connectivity index (χ4n) is 4.53. The first-order chi connectivity index (χ1) is 18.0. The van der Waals surface area contributed by atoms with Crippen molar-refractivity contribution in [2.24, 2.45) is 0 Å². The molecule has 0 spiro atoms. The zero-order chi connectivity index (χ0) is 26.2. The average Bonchev–Trinajstić information content (AvgIpc) is 2.95. The van der Waals surface area contributed by atoms with Gasteiger partial charge in [0, 0.05) is 6.04 Å². The fourth-order valence-corrected chi connectivity index (χ4v) is 4.53. The van der Waals surface area contributed by atoms with E-state index in [9.17, 15) is 0 Å². The van der Waals surface area contributed by atoms with E-state index in [4.69, 9.17) is 11.0 Å². The van der Waals surface area contributed by atoms with Gasteiger partial charge in [-0.2, -0.15) is 52.9 Å². The number of aromatic nitrogens is 1. The molecule has 0 radical (unpaired) electrons. The summed E-state index contributed by atoms with van der Waals surface area (Å²) in [6.07, 6.45) is 7.58. The molecule has 4 heteroatoms. The third kappa shape index (κ3) is 6.81. The maximum Gasteiger partial charge on any atom is 2.00 e. The second kappa shape index (κ2) is 14.1. The molecule has 184 valence electrons. The van der Waals surface area contributed by atoms with Gasteiger partial charge >= 0.3 is 45.5 Å². The number of allylic oxidation sites excluding steroid dienone is 3. The molecule has 0 unspecified atom stereocenters. The molecular formula is C34H30N3Sr-. The van der Waals surface area contributed by atoms with Crippen LogP contribution in [0, 0.1) is 36.3 Å². The monoisotopic (exact) mass is 568 g/mol. The molecule has 5 rings (SSSR count). The molecule has 0 bridgehead atoms. The van der Waals surface area contributed by atoms with Gasteiger partial charge in [0.2, 0.25) is 0 Å². The summed E-state index contributed by atoms with van der Waals surface area (Å²) >= 11 is 0. The van der Waals surface area contributed by atoms with Crippen molar-refractivity contribution in [3.63, 3.8) is 0 Å². The summed E-state index contributed by atoms with van der Waals surface area (Å²) in [6.45, 7) is 6.56.